The third-order valence-corrected chi connectivity index (χ3v) is 3.93. The standard InChI is InChI=1S/C21H14F2N2O/c22-17-10-11-18(19(23)12-17)20(13-24)25-21(26)16-8-6-15(7-9-16)14-4-2-1-3-5-14/h1-12,20H,(H,25,26). The lowest BCUT2D eigenvalue weighted by Gasteiger charge is -2.13. The van der Waals surface area contributed by atoms with Gasteiger partial charge in [0.05, 0.1) is 6.07 Å². The lowest BCUT2D eigenvalue weighted by Crippen LogP contribution is -2.28. The molecule has 0 fully saturated rings. The van der Waals surface area contributed by atoms with Crippen LogP contribution in [0.3, 0.4) is 0 Å². The summed E-state index contributed by atoms with van der Waals surface area (Å²) in [6.45, 7) is 0. The van der Waals surface area contributed by atoms with Crippen molar-refractivity contribution in [3.8, 4) is 17.2 Å². The maximum Gasteiger partial charge on any atom is 0.252 e. The molecule has 128 valence electrons. The van der Waals surface area contributed by atoms with Gasteiger partial charge in [0.25, 0.3) is 5.91 Å². The second-order valence-electron chi connectivity index (χ2n) is 5.64. The number of nitrogens with zero attached hydrogens (tertiary/aromatic N) is 1. The van der Waals surface area contributed by atoms with Crippen LogP contribution in [0.5, 0.6) is 0 Å². The number of rotatable bonds is 4. The molecule has 0 saturated heterocycles. The maximum absolute atomic E-state index is 13.8. The third kappa shape index (κ3) is 3.76. The zero-order chi connectivity index (χ0) is 18.5. The van der Waals surface area contributed by atoms with Crippen LogP contribution in [0.25, 0.3) is 11.1 Å². The molecule has 26 heavy (non-hydrogen) atoms. The normalized spacial score (nSPS) is 11.4. The molecule has 0 heterocycles. The molecule has 0 saturated carbocycles. The summed E-state index contributed by atoms with van der Waals surface area (Å²) in [5.74, 6) is -2.14. The van der Waals surface area contributed by atoms with Gasteiger partial charge in [0.15, 0.2) is 0 Å². The zero-order valence-corrected chi connectivity index (χ0v) is 13.6. The van der Waals surface area contributed by atoms with Crippen LogP contribution in [0.2, 0.25) is 0 Å². The van der Waals surface area contributed by atoms with Gasteiger partial charge in [0.1, 0.15) is 17.7 Å². The Morgan fingerprint density at radius 2 is 1.58 bits per heavy atom. The first-order chi connectivity index (χ1) is 12.6. The van der Waals surface area contributed by atoms with E-state index in [0.717, 1.165) is 23.3 Å². The summed E-state index contributed by atoms with van der Waals surface area (Å²) in [4.78, 5) is 12.4. The zero-order valence-electron chi connectivity index (χ0n) is 13.6. The number of nitriles is 1. The third-order valence-electron chi connectivity index (χ3n) is 3.93. The summed E-state index contributed by atoms with van der Waals surface area (Å²) in [6, 6.07) is 20.0. The van der Waals surface area contributed by atoms with Gasteiger partial charge in [-0.15, -0.1) is 0 Å². The molecular weight excluding hydrogens is 334 g/mol. The number of nitrogens with one attached hydrogen (secondary N) is 1. The van der Waals surface area contributed by atoms with Crippen LogP contribution in [0, 0.1) is 23.0 Å². The number of hydrogen-bond acceptors (Lipinski definition) is 2. The fourth-order valence-corrected chi connectivity index (χ4v) is 2.57. The van der Waals surface area contributed by atoms with Crippen LogP contribution < -0.4 is 5.32 Å². The average Bonchev–Trinajstić information content (AvgIpc) is 2.67. The van der Waals surface area contributed by atoms with E-state index in [1.807, 2.05) is 36.4 Å². The lowest BCUT2D eigenvalue weighted by molar-refractivity contribution is 0.0944. The number of benzene rings is 3. The van der Waals surface area contributed by atoms with Crippen LogP contribution in [-0.2, 0) is 0 Å². The Hall–Kier alpha value is -3.52. The van der Waals surface area contributed by atoms with Crippen molar-refractivity contribution in [3.05, 3.63) is 95.6 Å². The monoisotopic (exact) mass is 348 g/mol. The highest BCUT2D eigenvalue weighted by molar-refractivity contribution is 5.95. The largest absolute Gasteiger partial charge is 0.332 e. The quantitative estimate of drug-likeness (QED) is 0.747. The predicted molar refractivity (Wildman–Crippen MR) is 94.1 cm³/mol. The molecule has 1 unspecified atom stereocenters. The summed E-state index contributed by atoms with van der Waals surface area (Å²) < 4.78 is 26.8. The van der Waals surface area contributed by atoms with E-state index in [1.165, 1.54) is 0 Å². The first kappa shape index (κ1) is 17.3. The van der Waals surface area contributed by atoms with E-state index < -0.39 is 23.6 Å². The van der Waals surface area contributed by atoms with Gasteiger partial charge in [0, 0.05) is 17.2 Å². The van der Waals surface area contributed by atoms with Gasteiger partial charge in [-0.3, -0.25) is 4.79 Å². The highest BCUT2D eigenvalue weighted by atomic mass is 19.1. The maximum atomic E-state index is 13.8. The molecule has 0 aliphatic carbocycles. The van der Waals surface area contributed by atoms with Crippen molar-refractivity contribution in [2.45, 2.75) is 6.04 Å². The Kier molecular flexibility index (Phi) is 5.04. The Morgan fingerprint density at radius 3 is 2.19 bits per heavy atom. The first-order valence-corrected chi connectivity index (χ1v) is 7.89. The van der Waals surface area contributed by atoms with Crippen molar-refractivity contribution in [2.24, 2.45) is 0 Å². The molecule has 3 aromatic rings. The smallest absolute Gasteiger partial charge is 0.252 e. The van der Waals surface area contributed by atoms with Crippen molar-refractivity contribution in [1.82, 2.24) is 5.32 Å². The second-order valence-corrected chi connectivity index (χ2v) is 5.64. The molecule has 3 aromatic carbocycles. The van der Waals surface area contributed by atoms with Crippen LogP contribution in [0.15, 0.2) is 72.8 Å². The Morgan fingerprint density at radius 1 is 0.923 bits per heavy atom. The molecule has 0 bridgehead atoms. The summed E-state index contributed by atoms with van der Waals surface area (Å²) in [7, 11) is 0. The number of halogens is 2. The van der Waals surface area contributed by atoms with Crippen LogP contribution in [-0.4, -0.2) is 5.91 Å². The lowest BCUT2D eigenvalue weighted by atomic mass is 10.0. The van der Waals surface area contributed by atoms with Crippen LogP contribution in [0.4, 0.5) is 8.78 Å². The molecule has 5 heteroatoms. The van der Waals surface area contributed by atoms with Gasteiger partial charge in [-0.2, -0.15) is 5.26 Å². The summed E-state index contributed by atoms with van der Waals surface area (Å²) >= 11 is 0. The average molecular weight is 348 g/mol. The molecule has 1 atom stereocenters. The van der Waals surface area contributed by atoms with Crippen LogP contribution >= 0.6 is 0 Å². The van der Waals surface area contributed by atoms with Crippen molar-refractivity contribution in [2.75, 3.05) is 0 Å². The van der Waals surface area contributed by atoms with Gasteiger partial charge in [-0.1, -0.05) is 48.5 Å². The van der Waals surface area contributed by atoms with Crippen molar-refractivity contribution in [3.63, 3.8) is 0 Å². The second kappa shape index (κ2) is 7.58. The minimum absolute atomic E-state index is 0.0804. The Bertz CT molecular complexity index is 964. The highest BCUT2D eigenvalue weighted by Gasteiger charge is 2.19. The van der Waals surface area contributed by atoms with E-state index in [1.54, 1.807) is 24.3 Å². The first-order valence-electron chi connectivity index (χ1n) is 7.89. The molecule has 0 aliphatic rings. The van der Waals surface area contributed by atoms with Gasteiger partial charge in [0.2, 0.25) is 0 Å². The molecule has 3 rings (SSSR count). The predicted octanol–water partition coefficient (Wildman–Crippen LogP) is 4.63. The van der Waals surface area contributed by atoms with E-state index in [-0.39, 0.29) is 5.56 Å². The van der Waals surface area contributed by atoms with E-state index in [4.69, 9.17) is 0 Å². The van der Waals surface area contributed by atoms with E-state index in [9.17, 15) is 18.8 Å². The topological polar surface area (TPSA) is 52.9 Å². The molecule has 0 aliphatic heterocycles. The minimum Gasteiger partial charge on any atom is -0.332 e. The Balaban J connectivity index is 1.77. The fourth-order valence-electron chi connectivity index (χ4n) is 2.57. The summed E-state index contributed by atoms with van der Waals surface area (Å²) in [6.07, 6.45) is 0. The molecule has 1 amide bonds. The molecule has 1 N–H and O–H groups in total. The highest BCUT2D eigenvalue weighted by Crippen LogP contribution is 2.21. The van der Waals surface area contributed by atoms with Gasteiger partial charge in [-0.25, -0.2) is 8.78 Å². The SMILES string of the molecule is N#CC(NC(=O)c1ccc(-c2ccccc2)cc1)c1ccc(F)cc1F. The minimum atomic E-state index is -1.21. The summed E-state index contributed by atoms with van der Waals surface area (Å²) in [5.41, 5.74) is 2.22. The number of hydrogen-bond donors (Lipinski definition) is 1. The number of carbonyl (C=O) groups is 1. The Labute approximate surface area is 149 Å². The van der Waals surface area contributed by atoms with E-state index in [2.05, 4.69) is 5.32 Å². The molecular formula is C21H14F2N2O. The van der Waals surface area contributed by atoms with Crippen LogP contribution in [0.1, 0.15) is 22.0 Å². The fraction of sp³-hybridized carbons (Fsp3) is 0.0476. The van der Waals surface area contributed by atoms with Crippen molar-refractivity contribution < 1.29 is 13.6 Å². The molecule has 0 radical (unpaired) electrons. The van der Waals surface area contributed by atoms with Gasteiger partial charge >= 0.3 is 0 Å². The van der Waals surface area contributed by atoms with E-state index in [0.29, 0.717) is 11.6 Å². The number of carbonyl (C=O) groups excluding carboxylic acids is 1. The summed E-state index contributed by atoms with van der Waals surface area (Å²) in [5, 5.41) is 11.7. The van der Waals surface area contributed by atoms with Gasteiger partial charge in [-0.05, 0) is 29.3 Å². The van der Waals surface area contributed by atoms with Crippen molar-refractivity contribution >= 4 is 5.91 Å². The van der Waals surface area contributed by atoms with E-state index >= 15 is 0 Å². The number of amides is 1. The van der Waals surface area contributed by atoms with Gasteiger partial charge < -0.3 is 5.32 Å². The molecule has 0 spiro atoms. The molecule has 0 aromatic heterocycles. The molecule has 3 nitrogen and oxygen atoms in total. The van der Waals surface area contributed by atoms with Crippen molar-refractivity contribution in [1.29, 1.82) is 5.26 Å².